The number of rotatable bonds is 3. The Kier molecular flexibility index (Phi) is 4.95. The first-order valence-corrected chi connectivity index (χ1v) is 7.09. The van der Waals surface area contributed by atoms with Crippen molar-refractivity contribution in [1.82, 2.24) is 20.4 Å². The lowest BCUT2D eigenvalue weighted by Gasteiger charge is -2.31. The number of carbonyl (C=O) groups excluding carboxylic acids is 4. The molecule has 0 aromatic heterocycles. The smallest absolute Gasteiger partial charge is 0.325 e. The van der Waals surface area contributed by atoms with E-state index in [1.54, 1.807) is 30.3 Å². The van der Waals surface area contributed by atoms with Crippen LogP contribution in [-0.2, 0) is 14.4 Å². The Morgan fingerprint density at radius 1 is 1.09 bits per heavy atom. The van der Waals surface area contributed by atoms with Gasteiger partial charge >= 0.3 is 17.8 Å². The molecule has 0 radical (unpaired) electrons. The van der Waals surface area contributed by atoms with Crippen LogP contribution >= 0.6 is 0 Å². The monoisotopic (exact) mass is 318 g/mol. The van der Waals surface area contributed by atoms with Crippen LogP contribution in [0.2, 0.25) is 0 Å². The third kappa shape index (κ3) is 3.47. The van der Waals surface area contributed by atoms with Gasteiger partial charge in [-0.1, -0.05) is 30.3 Å². The van der Waals surface area contributed by atoms with Crippen molar-refractivity contribution in [2.45, 2.75) is 6.04 Å². The first-order chi connectivity index (χ1) is 11.0. The fraction of sp³-hybridized carbons (Fsp3) is 0.333. The molecule has 2 rings (SSSR count). The number of hydrogen-bond donors (Lipinski definition) is 2. The number of hydrogen-bond acceptors (Lipinski definition) is 4. The van der Waals surface area contributed by atoms with Gasteiger partial charge in [0.25, 0.3) is 0 Å². The summed E-state index contributed by atoms with van der Waals surface area (Å²) >= 11 is 0. The largest absolute Gasteiger partial charge is 0.357 e. The SMILES string of the molecule is CNC(=O)C(NC(=O)N1CCN(C)C(=O)C1=O)c1ccccc1. The fourth-order valence-corrected chi connectivity index (χ4v) is 2.22. The molecule has 0 bridgehead atoms. The summed E-state index contributed by atoms with van der Waals surface area (Å²) in [6, 6.07) is 6.93. The third-order valence-electron chi connectivity index (χ3n) is 3.59. The van der Waals surface area contributed by atoms with Crippen molar-refractivity contribution in [3.8, 4) is 0 Å². The van der Waals surface area contributed by atoms with E-state index in [1.165, 1.54) is 19.0 Å². The summed E-state index contributed by atoms with van der Waals surface area (Å²) in [6.07, 6.45) is 0. The Labute approximate surface area is 133 Å². The Hall–Kier alpha value is -2.90. The molecule has 1 unspecified atom stereocenters. The molecule has 1 atom stereocenters. The molecular formula is C15H18N4O4. The van der Waals surface area contributed by atoms with Crippen molar-refractivity contribution >= 4 is 23.8 Å². The number of benzene rings is 1. The number of imide groups is 1. The molecule has 8 heteroatoms. The van der Waals surface area contributed by atoms with Crippen molar-refractivity contribution in [2.24, 2.45) is 0 Å². The summed E-state index contributed by atoms with van der Waals surface area (Å²) < 4.78 is 0. The minimum atomic E-state index is -0.948. The summed E-state index contributed by atoms with van der Waals surface area (Å²) in [7, 11) is 2.95. The van der Waals surface area contributed by atoms with Crippen molar-refractivity contribution in [3.05, 3.63) is 35.9 Å². The van der Waals surface area contributed by atoms with Gasteiger partial charge < -0.3 is 15.5 Å². The molecule has 5 amide bonds. The Balaban J connectivity index is 2.17. The van der Waals surface area contributed by atoms with E-state index in [4.69, 9.17) is 0 Å². The highest BCUT2D eigenvalue weighted by Gasteiger charge is 2.36. The predicted molar refractivity (Wildman–Crippen MR) is 81.1 cm³/mol. The van der Waals surface area contributed by atoms with E-state index in [2.05, 4.69) is 10.6 Å². The van der Waals surface area contributed by atoms with Crippen LogP contribution in [-0.4, -0.2) is 60.7 Å². The van der Waals surface area contributed by atoms with Gasteiger partial charge in [0.2, 0.25) is 5.91 Å². The van der Waals surface area contributed by atoms with Gasteiger partial charge in [0, 0.05) is 27.2 Å². The number of likely N-dealkylation sites (N-methyl/N-ethyl adjacent to an activating group) is 2. The molecule has 1 fully saturated rings. The van der Waals surface area contributed by atoms with Crippen molar-refractivity contribution in [2.75, 3.05) is 27.2 Å². The summed E-state index contributed by atoms with van der Waals surface area (Å²) in [5.74, 6) is -2.07. The quantitative estimate of drug-likeness (QED) is 0.733. The van der Waals surface area contributed by atoms with E-state index in [-0.39, 0.29) is 13.1 Å². The van der Waals surface area contributed by atoms with Crippen LogP contribution in [0.5, 0.6) is 0 Å². The number of amides is 5. The van der Waals surface area contributed by atoms with E-state index in [0.29, 0.717) is 5.56 Å². The summed E-state index contributed by atoms with van der Waals surface area (Å²) in [5, 5.41) is 4.97. The number of nitrogens with one attached hydrogen (secondary N) is 2. The van der Waals surface area contributed by atoms with Crippen LogP contribution in [0.3, 0.4) is 0 Å². The average molecular weight is 318 g/mol. The van der Waals surface area contributed by atoms with Crippen molar-refractivity contribution in [1.29, 1.82) is 0 Å². The highest BCUT2D eigenvalue weighted by Crippen LogP contribution is 2.14. The van der Waals surface area contributed by atoms with Crippen LogP contribution in [0.1, 0.15) is 11.6 Å². The van der Waals surface area contributed by atoms with Gasteiger partial charge in [-0.25, -0.2) is 4.79 Å². The van der Waals surface area contributed by atoms with Crippen LogP contribution in [0, 0.1) is 0 Å². The molecule has 1 aliphatic rings. The molecule has 1 aliphatic heterocycles. The van der Waals surface area contributed by atoms with E-state index in [0.717, 1.165) is 4.90 Å². The zero-order valence-corrected chi connectivity index (χ0v) is 12.9. The molecule has 1 aromatic carbocycles. The second-order valence-corrected chi connectivity index (χ2v) is 5.09. The Morgan fingerprint density at radius 3 is 2.35 bits per heavy atom. The zero-order valence-electron chi connectivity index (χ0n) is 12.9. The molecule has 1 aromatic rings. The minimum Gasteiger partial charge on any atom is -0.357 e. The number of piperazine rings is 1. The maximum atomic E-state index is 12.3. The van der Waals surface area contributed by atoms with Crippen LogP contribution in [0.15, 0.2) is 30.3 Å². The van der Waals surface area contributed by atoms with Crippen molar-refractivity contribution in [3.63, 3.8) is 0 Å². The van der Waals surface area contributed by atoms with Crippen molar-refractivity contribution < 1.29 is 19.2 Å². The maximum Gasteiger partial charge on any atom is 0.325 e. The van der Waals surface area contributed by atoms with E-state index in [9.17, 15) is 19.2 Å². The van der Waals surface area contributed by atoms with Crippen LogP contribution < -0.4 is 10.6 Å². The average Bonchev–Trinajstić information content (AvgIpc) is 2.57. The second kappa shape index (κ2) is 6.91. The highest BCUT2D eigenvalue weighted by atomic mass is 16.2. The van der Waals surface area contributed by atoms with E-state index in [1.807, 2.05) is 0 Å². The molecule has 1 saturated heterocycles. The molecule has 23 heavy (non-hydrogen) atoms. The predicted octanol–water partition coefficient (Wildman–Crippen LogP) is -0.516. The maximum absolute atomic E-state index is 12.3. The topological polar surface area (TPSA) is 98.8 Å². The standard InChI is InChI=1S/C15H18N4O4/c1-16-12(20)11(10-6-4-3-5-7-10)17-15(23)19-9-8-18(2)13(21)14(19)22/h3-7,11H,8-9H2,1-2H3,(H,16,20)(H,17,23). The third-order valence-corrected chi connectivity index (χ3v) is 3.59. The van der Waals surface area contributed by atoms with Gasteiger partial charge in [-0.2, -0.15) is 0 Å². The van der Waals surface area contributed by atoms with E-state index < -0.39 is 29.8 Å². The molecule has 8 nitrogen and oxygen atoms in total. The number of nitrogens with zero attached hydrogens (tertiary/aromatic N) is 2. The molecule has 0 saturated carbocycles. The van der Waals surface area contributed by atoms with Gasteiger partial charge in [0.1, 0.15) is 6.04 Å². The van der Waals surface area contributed by atoms with Gasteiger partial charge in [-0.05, 0) is 5.56 Å². The summed E-state index contributed by atoms with van der Waals surface area (Å²) in [4.78, 5) is 50.0. The molecule has 1 heterocycles. The van der Waals surface area contributed by atoms with Crippen LogP contribution in [0.25, 0.3) is 0 Å². The first kappa shape index (κ1) is 16.5. The molecule has 0 aliphatic carbocycles. The zero-order chi connectivity index (χ0) is 17.0. The van der Waals surface area contributed by atoms with E-state index >= 15 is 0 Å². The van der Waals surface area contributed by atoms with Gasteiger partial charge in [-0.15, -0.1) is 0 Å². The second-order valence-electron chi connectivity index (χ2n) is 5.09. The molecular weight excluding hydrogens is 300 g/mol. The molecule has 122 valence electrons. The Bertz CT molecular complexity index is 632. The normalized spacial score (nSPS) is 16.1. The Morgan fingerprint density at radius 2 is 1.74 bits per heavy atom. The van der Waals surface area contributed by atoms with Gasteiger partial charge in [0.15, 0.2) is 0 Å². The number of urea groups is 1. The van der Waals surface area contributed by atoms with Gasteiger partial charge in [-0.3, -0.25) is 19.3 Å². The minimum absolute atomic E-state index is 0.0855. The van der Waals surface area contributed by atoms with Crippen LogP contribution in [0.4, 0.5) is 4.79 Å². The first-order valence-electron chi connectivity index (χ1n) is 7.09. The molecule has 0 spiro atoms. The molecule has 2 N–H and O–H groups in total. The lowest BCUT2D eigenvalue weighted by Crippen LogP contribution is -2.58. The number of carbonyl (C=O) groups is 4. The van der Waals surface area contributed by atoms with Gasteiger partial charge in [0.05, 0.1) is 0 Å². The fourth-order valence-electron chi connectivity index (χ4n) is 2.22. The highest BCUT2D eigenvalue weighted by molar-refractivity contribution is 6.38. The summed E-state index contributed by atoms with van der Waals surface area (Å²) in [6.45, 7) is 0.343. The lowest BCUT2D eigenvalue weighted by atomic mass is 10.1. The lowest BCUT2D eigenvalue weighted by molar-refractivity contribution is -0.152. The summed E-state index contributed by atoms with van der Waals surface area (Å²) in [5.41, 5.74) is 0.577.